The molecule has 2 unspecified atom stereocenters. The summed E-state index contributed by atoms with van der Waals surface area (Å²) in [6.07, 6.45) is 5.19. The second kappa shape index (κ2) is 7.14. The third-order valence-corrected chi connectivity index (χ3v) is 3.68. The number of nitrogens with one attached hydrogen (secondary N) is 2. The fraction of sp³-hybridized carbons (Fsp3) is 0.533. The van der Waals surface area contributed by atoms with E-state index in [1.807, 2.05) is 18.2 Å². The molecule has 0 saturated heterocycles. The van der Waals surface area contributed by atoms with Gasteiger partial charge in [0.2, 0.25) is 0 Å². The normalized spacial score (nSPS) is 22.8. The molecule has 2 atom stereocenters. The first-order valence-corrected chi connectivity index (χ1v) is 7.09. The second-order valence-corrected chi connectivity index (χ2v) is 5.19. The Hall–Kier alpha value is -1.55. The minimum atomic E-state index is -0.0988. The quantitative estimate of drug-likeness (QED) is 0.773. The standard InChI is InChI=1S/C15H23N3O/c16-13-8-4-5-9-14(13)18-15(19)17-11-10-12-6-2-1-3-7-12/h1-3,6-7,13-14H,4-5,8-11,16H2,(H2,17,18,19). The lowest BCUT2D eigenvalue weighted by Gasteiger charge is -2.29. The number of rotatable bonds is 4. The van der Waals surface area contributed by atoms with Crippen molar-refractivity contribution in [3.63, 3.8) is 0 Å². The number of benzene rings is 1. The van der Waals surface area contributed by atoms with Gasteiger partial charge in [-0.3, -0.25) is 0 Å². The van der Waals surface area contributed by atoms with Crippen molar-refractivity contribution in [2.24, 2.45) is 5.73 Å². The van der Waals surface area contributed by atoms with Gasteiger partial charge >= 0.3 is 6.03 Å². The van der Waals surface area contributed by atoms with Gasteiger partial charge in [-0.1, -0.05) is 43.2 Å². The third kappa shape index (κ3) is 4.56. The van der Waals surface area contributed by atoms with Gasteiger partial charge in [0.15, 0.2) is 0 Å². The minimum absolute atomic E-state index is 0.0988. The Morgan fingerprint density at radius 2 is 1.95 bits per heavy atom. The highest BCUT2D eigenvalue weighted by Crippen LogP contribution is 2.16. The fourth-order valence-electron chi connectivity index (χ4n) is 2.52. The number of carbonyl (C=O) groups is 1. The highest BCUT2D eigenvalue weighted by atomic mass is 16.2. The zero-order chi connectivity index (χ0) is 13.5. The van der Waals surface area contributed by atoms with Crippen molar-refractivity contribution in [1.29, 1.82) is 0 Å². The summed E-state index contributed by atoms with van der Waals surface area (Å²) in [6.45, 7) is 0.651. The summed E-state index contributed by atoms with van der Waals surface area (Å²) in [5.74, 6) is 0. The van der Waals surface area contributed by atoms with E-state index in [-0.39, 0.29) is 18.1 Å². The molecule has 2 rings (SSSR count). The molecule has 4 heteroatoms. The van der Waals surface area contributed by atoms with Gasteiger partial charge in [-0.05, 0) is 24.8 Å². The lowest BCUT2D eigenvalue weighted by atomic mass is 9.91. The molecule has 0 bridgehead atoms. The van der Waals surface area contributed by atoms with Crippen LogP contribution in [0.2, 0.25) is 0 Å². The minimum Gasteiger partial charge on any atom is -0.338 e. The molecule has 0 spiro atoms. The monoisotopic (exact) mass is 261 g/mol. The van der Waals surface area contributed by atoms with Crippen LogP contribution in [-0.2, 0) is 6.42 Å². The molecule has 4 nitrogen and oxygen atoms in total. The molecule has 19 heavy (non-hydrogen) atoms. The Morgan fingerprint density at radius 3 is 2.68 bits per heavy atom. The first kappa shape index (κ1) is 13.9. The maximum Gasteiger partial charge on any atom is 0.315 e. The Labute approximate surface area is 114 Å². The SMILES string of the molecule is NC1CCCCC1NC(=O)NCCc1ccccc1. The average Bonchev–Trinajstić information content (AvgIpc) is 2.43. The number of hydrogen-bond acceptors (Lipinski definition) is 2. The molecule has 2 amide bonds. The molecule has 1 fully saturated rings. The molecule has 1 aromatic carbocycles. The molecule has 1 aromatic rings. The Balaban J connectivity index is 1.67. The Kier molecular flexibility index (Phi) is 5.21. The summed E-state index contributed by atoms with van der Waals surface area (Å²) in [5, 5.41) is 5.87. The molecule has 0 heterocycles. The highest BCUT2D eigenvalue weighted by molar-refractivity contribution is 5.74. The molecule has 1 aliphatic rings. The lowest BCUT2D eigenvalue weighted by Crippen LogP contribution is -2.52. The molecule has 1 aliphatic carbocycles. The van der Waals surface area contributed by atoms with Gasteiger partial charge in [-0.2, -0.15) is 0 Å². The van der Waals surface area contributed by atoms with Gasteiger partial charge in [0.05, 0.1) is 0 Å². The molecule has 4 N–H and O–H groups in total. The van der Waals surface area contributed by atoms with Crippen LogP contribution in [0.15, 0.2) is 30.3 Å². The van der Waals surface area contributed by atoms with E-state index in [4.69, 9.17) is 5.73 Å². The van der Waals surface area contributed by atoms with Gasteiger partial charge in [0.25, 0.3) is 0 Å². The van der Waals surface area contributed by atoms with Crippen molar-refractivity contribution in [2.75, 3.05) is 6.54 Å². The molecule has 0 aromatic heterocycles. The van der Waals surface area contributed by atoms with Crippen LogP contribution in [0.3, 0.4) is 0 Å². The molecule has 0 radical (unpaired) electrons. The Morgan fingerprint density at radius 1 is 1.21 bits per heavy atom. The van der Waals surface area contributed by atoms with Crippen molar-refractivity contribution in [3.8, 4) is 0 Å². The van der Waals surface area contributed by atoms with Crippen LogP contribution in [0.1, 0.15) is 31.2 Å². The van der Waals surface area contributed by atoms with E-state index >= 15 is 0 Å². The van der Waals surface area contributed by atoms with E-state index in [0.29, 0.717) is 6.54 Å². The van der Waals surface area contributed by atoms with E-state index in [9.17, 15) is 4.79 Å². The van der Waals surface area contributed by atoms with E-state index in [2.05, 4.69) is 22.8 Å². The number of carbonyl (C=O) groups excluding carboxylic acids is 1. The van der Waals surface area contributed by atoms with Crippen LogP contribution in [0, 0.1) is 0 Å². The van der Waals surface area contributed by atoms with Crippen molar-refractivity contribution >= 4 is 6.03 Å². The van der Waals surface area contributed by atoms with Crippen LogP contribution < -0.4 is 16.4 Å². The van der Waals surface area contributed by atoms with Crippen molar-refractivity contribution in [3.05, 3.63) is 35.9 Å². The molecular weight excluding hydrogens is 238 g/mol. The van der Waals surface area contributed by atoms with E-state index in [0.717, 1.165) is 25.7 Å². The zero-order valence-corrected chi connectivity index (χ0v) is 11.3. The first-order chi connectivity index (χ1) is 9.25. The number of nitrogens with two attached hydrogens (primary N) is 1. The summed E-state index contributed by atoms with van der Waals surface area (Å²) in [7, 11) is 0. The van der Waals surface area contributed by atoms with E-state index in [1.165, 1.54) is 12.0 Å². The van der Waals surface area contributed by atoms with Gasteiger partial charge in [0.1, 0.15) is 0 Å². The van der Waals surface area contributed by atoms with Gasteiger partial charge < -0.3 is 16.4 Å². The van der Waals surface area contributed by atoms with Crippen LogP contribution in [-0.4, -0.2) is 24.7 Å². The topological polar surface area (TPSA) is 67.1 Å². The van der Waals surface area contributed by atoms with Crippen molar-refractivity contribution in [2.45, 2.75) is 44.2 Å². The average molecular weight is 261 g/mol. The first-order valence-electron chi connectivity index (χ1n) is 7.09. The number of amides is 2. The molecule has 104 valence electrons. The number of urea groups is 1. The summed E-state index contributed by atoms with van der Waals surface area (Å²) in [6, 6.07) is 10.3. The Bertz CT molecular complexity index is 394. The van der Waals surface area contributed by atoms with E-state index < -0.39 is 0 Å². The predicted molar refractivity (Wildman–Crippen MR) is 76.9 cm³/mol. The van der Waals surface area contributed by atoms with Gasteiger partial charge in [0, 0.05) is 18.6 Å². The van der Waals surface area contributed by atoms with Crippen LogP contribution in [0.5, 0.6) is 0 Å². The summed E-state index contributed by atoms with van der Waals surface area (Å²) >= 11 is 0. The maximum atomic E-state index is 11.8. The van der Waals surface area contributed by atoms with Gasteiger partial charge in [-0.15, -0.1) is 0 Å². The molecular formula is C15H23N3O. The van der Waals surface area contributed by atoms with Crippen LogP contribution in [0.25, 0.3) is 0 Å². The third-order valence-electron chi connectivity index (χ3n) is 3.68. The zero-order valence-electron chi connectivity index (χ0n) is 11.3. The summed E-state index contributed by atoms with van der Waals surface area (Å²) in [5.41, 5.74) is 7.24. The van der Waals surface area contributed by atoms with Crippen molar-refractivity contribution in [1.82, 2.24) is 10.6 Å². The van der Waals surface area contributed by atoms with Crippen LogP contribution >= 0.6 is 0 Å². The fourth-order valence-corrected chi connectivity index (χ4v) is 2.52. The summed E-state index contributed by atoms with van der Waals surface area (Å²) in [4.78, 5) is 11.8. The number of hydrogen-bond donors (Lipinski definition) is 3. The maximum absolute atomic E-state index is 11.8. The predicted octanol–water partition coefficient (Wildman–Crippen LogP) is 1.80. The summed E-state index contributed by atoms with van der Waals surface area (Å²) < 4.78 is 0. The second-order valence-electron chi connectivity index (χ2n) is 5.19. The van der Waals surface area contributed by atoms with Crippen molar-refractivity contribution < 1.29 is 4.79 Å². The van der Waals surface area contributed by atoms with Crippen LogP contribution in [0.4, 0.5) is 4.79 Å². The largest absolute Gasteiger partial charge is 0.338 e. The van der Waals surface area contributed by atoms with E-state index in [1.54, 1.807) is 0 Å². The smallest absolute Gasteiger partial charge is 0.315 e. The highest BCUT2D eigenvalue weighted by Gasteiger charge is 2.22. The molecule has 0 aliphatic heterocycles. The van der Waals surface area contributed by atoms with Gasteiger partial charge in [-0.25, -0.2) is 4.79 Å². The lowest BCUT2D eigenvalue weighted by molar-refractivity contribution is 0.229. The molecule has 1 saturated carbocycles.